The second kappa shape index (κ2) is 7.51. The number of carbonyl (C=O) groups excluding carboxylic acids is 2. The van der Waals surface area contributed by atoms with E-state index in [1.165, 1.54) is 6.42 Å². The maximum Gasteiger partial charge on any atom is 0.332 e. The van der Waals surface area contributed by atoms with Gasteiger partial charge in [-0.2, -0.15) is 5.48 Å². The van der Waals surface area contributed by atoms with E-state index in [-0.39, 0.29) is 17.8 Å². The molecule has 0 heterocycles. The van der Waals surface area contributed by atoms with Crippen molar-refractivity contribution < 1.29 is 14.4 Å². The van der Waals surface area contributed by atoms with E-state index in [1.54, 1.807) is 0 Å². The van der Waals surface area contributed by atoms with Crippen molar-refractivity contribution in [2.75, 3.05) is 0 Å². The molecule has 0 aliphatic heterocycles. The highest BCUT2D eigenvalue weighted by molar-refractivity contribution is 5.80. The summed E-state index contributed by atoms with van der Waals surface area (Å²) in [5, 5.41) is 0. The van der Waals surface area contributed by atoms with Crippen LogP contribution in [-0.4, -0.2) is 11.9 Å². The highest BCUT2D eigenvalue weighted by Crippen LogP contribution is 2.38. The van der Waals surface area contributed by atoms with Crippen LogP contribution in [0.4, 0.5) is 0 Å². The monoisotopic (exact) mass is 269 g/mol. The molecule has 0 bridgehead atoms. The summed E-state index contributed by atoms with van der Waals surface area (Å²) < 4.78 is 0. The van der Waals surface area contributed by atoms with Crippen molar-refractivity contribution in [2.45, 2.75) is 59.8 Å². The molecule has 0 aromatic carbocycles. The molecule has 3 unspecified atom stereocenters. The third-order valence-corrected chi connectivity index (χ3v) is 4.08. The zero-order chi connectivity index (χ0) is 14.4. The lowest BCUT2D eigenvalue weighted by Crippen LogP contribution is -2.41. The van der Waals surface area contributed by atoms with Crippen molar-refractivity contribution in [1.29, 1.82) is 0 Å². The quantitative estimate of drug-likeness (QED) is 0.798. The Balaban J connectivity index is 2.53. The highest BCUT2D eigenvalue weighted by Gasteiger charge is 2.35. The largest absolute Gasteiger partial charge is 0.341 e. The average Bonchev–Trinajstić information content (AvgIpc) is 2.35. The molecule has 1 amide bonds. The first-order valence-corrected chi connectivity index (χ1v) is 7.45. The summed E-state index contributed by atoms with van der Waals surface area (Å²) in [5.41, 5.74) is 2.35. The van der Waals surface area contributed by atoms with Crippen molar-refractivity contribution in [2.24, 2.45) is 23.7 Å². The number of amides is 1. The third kappa shape index (κ3) is 4.84. The first-order valence-electron chi connectivity index (χ1n) is 7.45. The Morgan fingerprint density at radius 3 is 2.58 bits per heavy atom. The molecule has 110 valence electrons. The van der Waals surface area contributed by atoms with Crippen LogP contribution < -0.4 is 5.48 Å². The minimum Gasteiger partial charge on any atom is -0.341 e. The molecule has 4 heteroatoms. The lowest BCUT2D eigenvalue weighted by atomic mass is 9.70. The molecule has 1 saturated carbocycles. The maximum atomic E-state index is 12.2. The second-order valence-electron chi connectivity index (χ2n) is 6.12. The number of carbonyl (C=O) groups is 2. The smallest absolute Gasteiger partial charge is 0.332 e. The minimum atomic E-state index is -0.360. The lowest BCUT2D eigenvalue weighted by Gasteiger charge is -2.36. The molecule has 3 atom stereocenters. The molecule has 1 N–H and O–H groups in total. The minimum absolute atomic E-state index is 0.0295. The van der Waals surface area contributed by atoms with Crippen LogP contribution in [0.2, 0.25) is 0 Å². The number of hydrogen-bond donors (Lipinski definition) is 1. The summed E-state index contributed by atoms with van der Waals surface area (Å²) in [6.07, 6.45) is 4.22. The maximum absolute atomic E-state index is 12.2. The van der Waals surface area contributed by atoms with Gasteiger partial charge >= 0.3 is 5.97 Å². The molecule has 0 spiro atoms. The average molecular weight is 269 g/mol. The fraction of sp³-hybridized carbons (Fsp3) is 0.867. The summed E-state index contributed by atoms with van der Waals surface area (Å²) in [7, 11) is 0. The Bertz CT molecular complexity index is 315. The molecule has 0 radical (unpaired) electrons. The topological polar surface area (TPSA) is 55.4 Å². The van der Waals surface area contributed by atoms with Gasteiger partial charge in [0.05, 0.1) is 0 Å². The fourth-order valence-corrected chi connectivity index (χ4v) is 2.94. The summed E-state index contributed by atoms with van der Waals surface area (Å²) in [6, 6.07) is 0. The Hall–Kier alpha value is -1.06. The predicted octanol–water partition coefficient (Wildman–Crippen LogP) is 3.07. The van der Waals surface area contributed by atoms with Gasteiger partial charge in [0.25, 0.3) is 5.91 Å². The lowest BCUT2D eigenvalue weighted by molar-refractivity contribution is -0.161. The Morgan fingerprint density at radius 1 is 1.32 bits per heavy atom. The van der Waals surface area contributed by atoms with Crippen LogP contribution in [0.5, 0.6) is 0 Å². The Labute approximate surface area is 116 Å². The van der Waals surface area contributed by atoms with Crippen LogP contribution in [0, 0.1) is 23.7 Å². The van der Waals surface area contributed by atoms with Crippen molar-refractivity contribution in [3.63, 3.8) is 0 Å². The van der Waals surface area contributed by atoms with Gasteiger partial charge in [-0.15, -0.1) is 0 Å². The third-order valence-electron chi connectivity index (χ3n) is 4.08. The summed E-state index contributed by atoms with van der Waals surface area (Å²) >= 11 is 0. The van der Waals surface area contributed by atoms with Gasteiger partial charge in [0.1, 0.15) is 0 Å². The van der Waals surface area contributed by atoms with Gasteiger partial charge < -0.3 is 4.84 Å². The summed E-state index contributed by atoms with van der Waals surface area (Å²) in [5.74, 6) is 0.918. The number of hydroxylamine groups is 1. The van der Waals surface area contributed by atoms with Crippen LogP contribution in [-0.2, 0) is 14.4 Å². The van der Waals surface area contributed by atoms with E-state index in [4.69, 9.17) is 4.84 Å². The van der Waals surface area contributed by atoms with Gasteiger partial charge in [0.15, 0.2) is 0 Å². The van der Waals surface area contributed by atoms with Gasteiger partial charge in [-0.05, 0) is 37.0 Å². The van der Waals surface area contributed by atoms with E-state index in [2.05, 4.69) is 26.3 Å². The van der Waals surface area contributed by atoms with Crippen LogP contribution >= 0.6 is 0 Å². The summed E-state index contributed by atoms with van der Waals surface area (Å²) in [6.45, 7) is 8.40. The van der Waals surface area contributed by atoms with E-state index >= 15 is 0 Å². The standard InChI is InChI=1S/C15H27NO3/c1-5-6-14(17)19-16-15(18)13-9-11(4)7-8-12(13)10(2)3/h10-13H,5-9H2,1-4H3,(H,16,18). The van der Waals surface area contributed by atoms with Gasteiger partial charge in [-0.1, -0.05) is 34.1 Å². The van der Waals surface area contributed by atoms with E-state index in [0.717, 1.165) is 19.3 Å². The molecule has 0 aromatic rings. The van der Waals surface area contributed by atoms with Crippen molar-refractivity contribution in [3.05, 3.63) is 0 Å². The normalized spacial score (nSPS) is 27.1. The SMILES string of the molecule is CCCC(=O)ONC(=O)C1CC(C)CCC1C(C)C. The molecule has 0 saturated heterocycles. The van der Waals surface area contributed by atoms with Gasteiger partial charge in [0.2, 0.25) is 0 Å². The van der Waals surface area contributed by atoms with Crippen molar-refractivity contribution in [3.8, 4) is 0 Å². The molecule has 4 nitrogen and oxygen atoms in total. The van der Waals surface area contributed by atoms with Gasteiger partial charge in [-0.25, -0.2) is 4.79 Å². The Morgan fingerprint density at radius 2 is 2.00 bits per heavy atom. The number of rotatable bonds is 4. The van der Waals surface area contributed by atoms with Crippen molar-refractivity contribution in [1.82, 2.24) is 5.48 Å². The van der Waals surface area contributed by atoms with Crippen LogP contribution in [0.25, 0.3) is 0 Å². The number of nitrogens with one attached hydrogen (secondary N) is 1. The first-order chi connectivity index (χ1) is 8.95. The first kappa shape index (κ1) is 16.0. The highest BCUT2D eigenvalue weighted by atomic mass is 16.7. The zero-order valence-corrected chi connectivity index (χ0v) is 12.6. The second-order valence-corrected chi connectivity index (χ2v) is 6.12. The Kier molecular flexibility index (Phi) is 6.32. The molecule has 19 heavy (non-hydrogen) atoms. The van der Waals surface area contributed by atoms with E-state index < -0.39 is 0 Å². The molecule has 1 aliphatic rings. The molecular weight excluding hydrogens is 242 g/mol. The van der Waals surface area contributed by atoms with Crippen LogP contribution in [0.15, 0.2) is 0 Å². The molecule has 1 aliphatic carbocycles. The van der Waals surface area contributed by atoms with Gasteiger partial charge in [0, 0.05) is 12.3 Å². The van der Waals surface area contributed by atoms with E-state index in [1.807, 2.05) is 6.92 Å². The molecular formula is C15H27NO3. The van der Waals surface area contributed by atoms with Crippen molar-refractivity contribution >= 4 is 11.9 Å². The zero-order valence-electron chi connectivity index (χ0n) is 12.6. The predicted molar refractivity (Wildman–Crippen MR) is 74.0 cm³/mol. The number of hydrogen-bond acceptors (Lipinski definition) is 3. The molecule has 1 rings (SSSR count). The van der Waals surface area contributed by atoms with Gasteiger partial charge in [-0.3, -0.25) is 4.79 Å². The molecule has 0 aromatic heterocycles. The van der Waals surface area contributed by atoms with Crippen LogP contribution in [0.1, 0.15) is 59.8 Å². The summed E-state index contributed by atoms with van der Waals surface area (Å²) in [4.78, 5) is 28.3. The van der Waals surface area contributed by atoms with E-state index in [9.17, 15) is 9.59 Å². The fourth-order valence-electron chi connectivity index (χ4n) is 2.94. The van der Waals surface area contributed by atoms with E-state index in [0.29, 0.717) is 24.2 Å². The molecule has 1 fully saturated rings. The van der Waals surface area contributed by atoms with Crippen LogP contribution in [0.3, 0.4) is 0 Å².